The van der Waals surface area contributed by atoms with Gasteiger partial charge in [0.25, 0.3) is 0 Å². The Balaban J connectivity index is 1.87. The molecule has 0 aliphatic heterocycles. The van der Waals surface area contributed by atoms with Crippen LogP contribution in [0.3, 0.4) is 0 Å². The number of rotatable bonds is 5. The van der Waals surface area contributed by atoms with E-state index in [4.69, 9.17) is 11.6 Å². The molecule has 0 saturated heterocycles. The summed E-state index contributed by atoms with van der Waals surface area (Å²) in [5.41, 5.74) is 1.63. The van der Waals surface area contributed by atoms with E-state index in [0.717, 1.165) is 5.56 Å². The first kappa shape index (κ1) is 15.3. The zero-order valence-corrected chi connectivity index (χ0v) is 12.8. The monoisotopic (exact) mass is 304 g/mol. The van der Waals surface area contributed by atoms with Crippen molar-refractivity contribution in [3.8, 4) is 0 Å². The number of nitrogens with one attached hydrogen (secondary N) is 1. The van der Waals surface area contributed by atoms with Crippen LogP contribution in [0.25, 0.3) is 0 Å². The normalized spacial score (nSPS) is 10.2. The summed E-state index contributed by atoms with van der Waals surface area (Å²) in [6, 6.07) is 7.51. The van der Waals surface area contributed by atoms with Crippen LogP contribution in [0.15, 0.2) is 36.7 Å². The van der Waals surface area contributed by atoms with E-state index in [0.29, 0.717) is 29.5 Å². The minimum absolute atomic E-state index is 0.0730. The minimum Gasteiger partial charge on any atom is -0.347 e. The highest BCUT2D eigenvalue weighted by Crippen LogP contribution is 2.13. The fraction of sp³-hybridized carbons (Fsp3) is 0.267. The third-order valence-corrected chi connectivity index (χ3v) is 3.09. The molecular weight excluding hydrogens is 288 g/mol. The molecule has 5 nitrogen and oxygen atoms in total. The number of anilines is 2. The van der Waals surface area contributed by atoms with Crippen molar-refractivity contribution in [2.75, 3.05) is 24.3 Å². The van der Waals surface area contributed by atoms with Gasteiger partial charge in [-0.15, -0.1) is 0 Å². The van der Waals surface area contributed by atoms with Crippen molar-refractivity contribution in [2.24, 2.45) is 0 Å². The quantitative estimate of drug-likeness (QED) is 0.923. The van der Waals surface area contributed by atoms with Crippen molar-refractivity contribution in [3.05, 3.63) is 47.2 Å². The zero-order valence-electron chi connectivity index (χ0n) is 12.0. The minimum atomic E-state index is -0.0730. The predicted octanol–water partition coefficient (Wildman–Crippen LogP) is 2.77. The summed E-state index contributed by atoms with van der Waals surface area (Å²) in [7, 11) is 3.72. The number of aryl methyl sites for hydroxylation is 1. The first-order valence-electron chi connectivity index (χ1n) is 6.58. The lowest BCUT2D eigenvalue weighted by molar-refractivity contribution is -0.116. The van der Waals surface area contributed by atoms with Crippen LogP contribution < -0.4 is 10.2 Å². The fourth-order valence-electron chi connectivity index (χ4n) is 1.79. The number of halogens is 1. The van der Waals surface area contributed by atoms with Gasteiger partial charge in [0.15, 0.2) is 0 Å². The van der Waals surface area contributed by atoms with Crippen molar-refractivity contribution in [2.45, 2.75) is 12.8 Å². The lowest BCUT2D eigenvalue weighted by atomic mass is 10.1. The van der Waals surface area contributed by atoms with Crippen molar-refractivity contribution in [1.82, 2.24) is 9.97 Å². The fourth-order valence-corrected chi connectivity index (χ4v) is 2.00. The molecule has 0 atom stereocenters. The zero-order chi connectivity index (χ0) is 15.2. The maximum atomic E-state index is 11.9. The van der Waals surface area contributed by atoms with Gasteiger partial charge in [-0.2, -0.15) is 0 Å². The molecule has 2 rings (SSSR count). The van der Waals surface area contributed by atoms with Crippen LogP contribution in [0, 0.1) is 0 Å². The molecular formula is C15H17ClN4O. The molecule has 0 fully saturated rings. The molecule has 0 unspecified atom stereocenters. The molecule has 0 aliphatic rings. The molecule has 2 aromatic rings. The molecule has 21 heavy (non-hydrogen) atoms. The van der Waals surface area contributed by atoms with Crippen molar-refractivity contribution in [3.63, 3.8) is 0 Å². The first-order chi connectivity index (χ1) is 10.0. The van der Waals surface area contributed by atoms with Crippen molar-refractivity contribution in [1.29, 1.82) is 0 Å². The second-order valence-electron chi connectivity index (χ2n) is 4.84. The van der Waals surface area contributed by atoms with Crippen molar-refractivity contribution >= 4 is 29.1 Å². The van der Waals surface area contributed by atoms with Gasteiger partial charge in [-0.05, 0) is 24.1 Å². The standard InChI is InChI=1S/C15H17ClN4O/c1-20(2)15-17-9-13(10-18-15)19-14(21)7-6-11-4-3-5-12(16)8-11/h3-5,8-10H,6-7H2,1-2H3,(H,19,21). The maximum absolute atomic E-state index is 11.9. The predicted molar refractivity (Wildman–Crippen MR) is 84.8 cm³/mol. The Hall–Kier alpha value is -2.14. The third kappa shape index (κ3) is 4.72. The highest BCUT2D eigenvalue weighted by atomic mass is 35.5. The van der Waals surface area contributed by atoms with Gasteiger partial charge in [0.2, 0.25) is 11.9 Å². The lowest BCUT2D eigenvalue weighted by Gasteiger charge is -2.10. The molecule has 1 amide bonds. The molecule has 0 bridgehead atoms. The summed E-state index contributed by atoms with van der Waals surface area (Å²) in [6.07, 6.45) is 4.22. The molecule has 0 saturated carbocycles. The van der Waals surface area contributed by atoms with Crippen LogP contribution in [-0.2, 0) is 11.2 Å². The molecule has 1 N–H and O–H groups in total. The molecule has 0 spiro atoms. The molecule has 1 aromatic heterocycles. The van der Waals surface area contributed by atoms with Crippen LogP contribution in [0.1, 0.15) is 12.0 Å². The second-order valence-corrected chi connectivity index (χ2v) is 5.28. The van der Waals surface area contributed by atoms with Gasteiger partial charge < -0.3 is 10.2 Å². The average Bonchev–Trinajstić information content (AvgIpc) is 2.46. The van der Waals surface area contributed by atoms with Gasteiger partial charge in [-0.3, -0.25) is 4.79 Å². The molecule has 1 heterocycles. The number of amides is 1. The van der Waals surface area contributed by atoms with Crippen LogP contribution in [0.2, 0.25) is 5.02 Å². The van der Waals surface area contributed by atoms with Crippen LogP contribution in [0.4, 0.5) is 11.6 Å². The number of benzene rings is 1. The largest absolute Gasteiger partial charge is 0.347 e. The van der Waals surface area contributed by atoms with Gasteiger partial charge in [0.1, 0.15) is 0 Å². The van der Waals surface area contributed by atoms with Gasteiger partial charge in [-0.1, -0.05) is 23.7 Å². The molecule has 0 radical (unpaired) electrons. The van der Waals surface area contributed by atoms with Gasteiger partial charge in [0, 0.05) is 25.5 Å². The number of carbonyl (C=O) groups excluding carboxylic acids is 1. The number of hydrogen-bond donors (Lipinski definition) is 1. The van der Waals surface area contributed by atoms with E-state index in [1.165, 1.54) is 0 Å². The van der Waals surface area contributed by atoms with Gasteiger partial charge in [0.05, 0.1) is 18.1 Å². The Labute approximate surface area is 129 Å². The maximum Gasteiger partial charge on any atom is 0.224 e. The number of aromatic nitrogens is 2. The van der Waals surface area contributed by atoms with Gasteiger partial charge >= 0.3 is 0 Å². The number of nitrogens with zero attached hydrogens (tertiary/aromatic N) is 3. The van der Waals surface area contributed by atoms with E-state index in [9.17, 15) is 4.79 Å². The Morgan fingerprint density at radius 3 is 2.62 bits per heavy atom. The summed E-state index contributed by atoms with van der Waals surface area (Å²) in [5.74, 6) is 0.531. The lowest BCUT2D eigenvalue weighted by Crippen LogP contribution is -2.15. The molecule has 6 heteroatoms. The van der Waals surface area contributed by atoms with E-state index in [1.807, 2.05) is 38.4 Å². The third-order valence-electron chi connectivity index (χ3n) is 2.85. The summed E-state index contributed by atoms with van der Waals surface area (Å²) >= 11 is 5.91. The highest BCUT2D eigenvalue weighted by Gasteiger charge is 2.05. The van der Waals surface area contributed by atoms with Crippen molar-refractivity contribution < 1.29 is 4.79 Å². The average molecular weight is 305 g/mol. The molecule has 0 aliphatic carbocycles. The Kier molecular flexibility index (Phi) is 5.11. The molecule has 110 valence electrons. The summed E-state index contributed by atoms with van der Waals surface area (Å²) in [4.78, 5) is 22.0. The summed E-state index contributed by atoms with van der Waals surface area (Å²) < 4.78 is 0. The Morgan fingerprint density at radius 1 is 1.29 bits per heavy atom. The number of carbonyl (C=O) groups is 1. The molecule has 1 aromatic carbocycles. The van der Waals surface area contributed by atoms with Crippen LogP contribution in [-0.4, -0.2) is 30.0 Å². The first-order valence-corrected chi connectivity index (χ1v) is 6.96. The van der Waals surface area contributed by atoms with Crippen LogP contribution >= 0.6 is 11.6 Å². The van der Waals surface area contributed by atoms with E-state index in [-0.39, 0.29) is 5.91 Å². The highest BCUT2D eigenvalue weighted by molar-refractivity contribution is 6.30. The Bertz CT molecular complexity index is 613. The smallest absolute Gasteiger partial charge is 0.224 e. The summed E-state index contributed by atoms with van der Waals surface area (Å²) in [5, 5.41) is 3.46. The van der Waals surface area contributed by atoms with E-state index in [1.54, 1.807) is 17.3 Å². The topological polar surface area (TPSA) is 58.1 Å². The summed E-state index contributed by atoms with van der Waals surface area (Å²) in [6.45, 7) is 0. The van der Waals surface area contributed by atoms with E-state index >= 15 is 0 Å². The SMILES string of the molecule is CN(C)c1ncc(NC(=O)CCc2cccc(Cl)c2)cn1. The van der Waals surface area contributed by atoms with E-state index < -0.39 is 0 Å². The van der Waals surface area contributed by atoms with Crippen LogP contribution in [0.5, 0.6) is 0 Å². The number of hydrogen-bond acceptors (Lipinski definition) is 4. The second kappa shape index (κ2) is 7.04. The van der Waals surface area contributed by atoms with E-state index in [2.05, 4.69) is 15.3 Å². The Morgan fingerprint density at radius 2 is 2.00 bits per heavy atom. The van der Waals surface area contributed by atoms with Gasteiger partial charge in [-0.25, -0.2) is 9.97 Å².